The Labute approximate surface area is 219 Å². The summed E-state index contributed by atoms with van der Waals surface area (Å²) >= 11 is 0. The summed E-state index contributed by atoms with van der Waals surface area (Å²) in [6.45, 7) is 7.32. The van der Waals surface area contributed by atoms with Gasteiger partial charge in [-0.2, -0.15) is 0 Å². The van der Waals surface area contributed by atoms with Crippen molar-refractivity contribution >= 4 is 13.5 Å². The van der Waals surface area contributed by atoms with E-state index in [1.807, 2.05) is 20.8 Å². The van der Waals surface area contributed by atoms with E-state index >= 15 is 4.39 Å². The van der Waals surface area contributed by atoms with Gasteiger partial charge < -0.3 is 14.4 Å². The van der Waals surface area contributed by atoms with Crippen LogP contribution in [0.1, 0.15) is 88.3 Å². The minimum Gasteiger partial charge on any atom is -0.355 e. The Morgan fingerprint density at radius 2 is 1.59 bits per heavy atom. The first-order valence-electron chi connectivity index (χ1n) is 13.6. The summed E-state index contributed by atoms with van der Waals surface area (Å²) in [4.78, 5) is 13.2. The summed E-state index contributed by atoms with van der Waals surface area (Å²) in [6, 6.07) is 7.50. The molecule has 1 aliphatic rings. The molecule has 37 heavy (non-hydrogen) atoms. The summed E-state index contributed by atoms with van der Waals surface area (Å²) in [5, 5.41) is 2.90. The molecular formula is C29H40F2NO4P. The SMILES string of the molecule is CCCCOP(=O)(CCCCc1c(F)ccc2c1C(C(=O)NCCC)c1cc(F)ccc1-2)OCCCC. The molecule has 3 rings (SSSR count). The Bertz CT molecular complexity index is 1090. The number of amides is 1. The number of fused-ring (bicyclic) bond motifs is 3. The lowest BCUT2D eigenvalue weighted by molar-refractivity contribution is -0.121. The number of nitrogens with one attached hydrogen (secondary N) is 1. The number of unbranched alkanes of at least 4 members (excludes halogenated alkanes) is 3. The monoisotopic (exact) mass is 535 g/mol. The van der Waals surface area contributed by atoms with Crippen molar-refractivity contribution in [3.05, 3.63) is 58.7 Å². The standard InChI is InChI=1S/C29H40F2NO4P/c1-4-7-17-35-37(34,36-18-8-5-2)19-10-9-11-24-26(31)15-14-23-22-13-12-21(30)20-25(22)28(27(23)24)29(33)32-16-6-3/h12-15,20,28H,4-11,16-19H2,1-3H3,(H,32,33). The van der Waals surface area contributed by atoms with Gasteiger partial charge in [-0.1, -0.05) is 45.7 Å². The average molecular weight is 536 g/mol. The van der Waals surface area contributed by atoms with E-state index in [9.17, 15) is 13.8 Å². The van der Waals surface area contributed by atoms with Crippen molar-refractivity contribution < 1.29 is 27.2 Å². The van der Waals surface area contributed by atoms with Crippen LogP contribution in [0, 0.1) is 11.6 Å². The van der Waals surface area contributed by atoms with Crippen LogP contribution in [0.2, 0.25) is 0 Å². The number of hydrogen-bond acceptors (Lipinski definition) is 4. The van der Waals surface area contributed by atoms with Gasteiger partial charge in [0.15, 0.2) is 0 Å². The third-order valence-corrected chi connectivity index (χ3v) is 8.71. The maximum atomic E-state index is 15.2. The van der Waals surface area contributed by atoms with Crippen molar-refractivity contribution in [2.24, 2.45) is 0 Å². The average Bonchev–Trinajstić information content (AvgIpc) is 3.20. The van der Waals surface area contributed by atoms with Crippen LogP contribution in [0.15, 0.2) is 30.3 Å². The van der Waals surface area contributed by atoms with E-state index in [4.69, 9.17) is 9.05 Å². The molecule has 0 aliphatic heterocycles. The number of rotatable bonds is 16. The van der Waals surface area contributed by atoms with E-state index in [1.165, 1.54) is 18.2 Å². The van der Waals surface area contributed by atoms with Crippen molar-refractivity contribution in [2.75, 3.05) is 25.9 Å². The van der Waals surface area contributed by atoms with Crippen LogP contribution in [-0.4, -0.2) is 31.8 Å². The van der Waals surface area contributed by atoms with Gasteiger partial charge in [0, 0.05) is 6.54 Å². The number of halogens is 2. The minimum atomic E-state index is -3.22. The summed E-state index contributed by atoms with van der Waals surface area (Å²) < 4.78 is 54.0. The topological polar surface area (TPSA) is 64.6 Å². The second-order valence-corrected chi connectivity index (χ2v) is 11.8. The smallest absolute Gasteiger partial charge is 0.330 e. The van der Waals surface area contributed by atoms with Crippen molar-refractivity contribution in [1.82, 2.24) is 5.32 Å². The third kappa shape index (κ3) is 7.49. The largest absolute Gasteiger partial charge is 0.355 e. The van der Waals surface area contributed by atoms with Gasteiger partial charge in [-0.25, -0.2) is 8.78 Å². The van der Waals surface area contributed by atoms with Gasteiger partial charge in [-0.15, -0.1) is 0 Å². The molecule has 1 unspecified atom stereocenters. The third-order valence-electron chi connectivity index (χ3n) is 6.70. The number of carbonyl (C=O) groups is 1. The lowest BCUT2D eigenvalue weighted by Crippen LogP contribution is -2.30. The normalized spacial score (nSPS) is 14.5. The summed E-state index contributed by atoms with van der Waals surface area (Å²) in [6.07, 6.45) is 5.98. The molecule has 204 valence electrons. The van der Waals surface area contributed by atoms with Gasteiger partial charge in [0.2, 0.25) is 5.91 Å². The second-order valence-electron chi connectivity index (χ2n) is 9.61. The molecule has 1 amide bonds. The highest BCUT2D eigenvalue weighted by Gasteiger charge is 2.37. The Hall–Kier alpha value is -2.08. The molecule has 0 heterocycles. The lowest BCUT2D eigenvalue weighted by Gasteiger charge is -2.20. The number of carbonyl (C=O) groups excluding carboxylic acids is 1. The van der Waals surface area contributed by atoms with E-state index in [-0.39, 0.29) is 17.9 Å². The lowest BCUT2D eigenvalue weighted by atomic mass is 9.89. The molecule has 0 radical (unpaired) electrons. The van der Waals surface area contributed by atoms with Crippen LogP contribution >= 0.6 is 7.60 Å². The zero-order valence-electron chi connectivity index (χ0n) is 22.3. The Kier molecular flexibility index (Phi) is 11.3. The van der Waals surface area contributed by atoms with Gasteiger partial charge in [0.05, 0.1) is 25.3 Å². The highest BCUT2D eigenvalue weighted by atomic mass is 31.2. The fourth-order valence-corrected chi connectivity index (χ4v) is 6.48. The molecule has 1 atom stereocenters. The highest BCUT2D eigenvalue weighted by molar-refractivity contribution is 7.53. The van der Waals surface area contributed by atoms with E-state index in [2.05, 4.69) is 5.32 Å². The first-order valence-corrected chi connectivity index (χ1v) is 15.3. The predicted molar refractivity (Wildman–Crippen MR) is 144 cm³/mol. The molecule has 0 saturated carbocycles. The van der Waals surface area contributed by atoms with Gasteiger partial charge in [-0.05, 0) is 84.5 Å². The fraction of sp³-hybridized carbons (Fsp3) is 0.552. The molecular weight excluding hydrogens is 495 g/mol. The maximum Gasteiger partial charge on any atom is 0.330 e. The zero-order valence-corrected chi connectivity index (χ0v) is 23.2. The number of hydrogen-bond donors (Lipinski definition) is 1. The van der Waals surface area contributed by atoms with E-state index in [0.717, 1.165) is 43.2 Å². The van der Waals surface area contributed by atoms with Crippen LogP contribution in [0.4, 0.5) is 8.78 Å². The molecule has 0 spiro atoms. The first kappa shape index (κ1) is 29.5. The Morgan fingerprint density at radius 1 is 0.919 bits per heavy atom. The molecule has 0 saturated heterocycles. The van der Waals surface area contributed by atoms with Gasteiger partial charge in [-0.3, -0.25) is 9.36 Å². The first-order chi connectivity index (χ1) is 17.8. The molecule has 1 aliphatic carbocycles. The van der Waals surface area contributed by atoms with Crippen LogP contribution in [0.25, 0.3) is 11.1 Å². The molecule has 8 heteroatoms. The summed E-state index contributed by atoms with van der Waals surface area (Å²) in [5.74, 6) is -1.83. The quantitative estimate of drug-likeness (QED) is 0.176. The van der Waals surface area contributed by atoms with E-state index < -0.39 is 19.3 Å². The van der Waals surface area contributed by atoms with Crippen LogP contribution < -0.4 is 5.32 Å². The van der Waals surface area contributed by atoms with Crippen LogP contribution in [0.5, 0.6) is 0 Å². The number of benzene rings is 2. The zero-order chi connectivity index (χ0) is 26.8. The van der Waals surface area contributed by atoms with Crippen LogP contribution in [0.3, 0.4) is 0 Å². The van der Waals surface area contributed by atoms with Crippen molar-refractivity contribution in [3.8, 4) is 11.1 Å². The molecule has 2 aromatic carbocycles. The molecule has 0 bridgehead atoms. The summed E-state index contributed by atoms with van der Waals surface area (Å²) in [7, 11) is -3.22. The fourth-order valence-electron chi connectivity index (χ4n) is 4.72. The molecule has 0 aromatic heterocycles. The van der Waals surface area contributed by atoms with Crippen molar-refractivity contribution in [2.45, 2.75) is 78.1 Å². The molecule has 2 aromatic rings. The molecule has 0 fully saturated rings. The van der Waals surface area contributed by atoms with Gasteiger partial charge >= 0.3 is 7.60 Å². The Morgan fingerprint density at radius 3 is 2.24 bits per heavy atom. The summed E-state index contributed by atoms with van der Waals surface area (Å²) in [5.41, 5.74) is 3.15. The second kappa shape index (κ2) is 14.2. The Balaban J connectivity index is 1.79. The molecule has 5 nitrogen and oxygen atoms in total. The van der Waals surface area contributed by atoms with Crippen molar-refractivity contribution in [1.29, 1.82) is 0 Å². The van der Waals surface area contributed by atoms with E-state index in [0.29, 0.717) is 55.7 Å². The van der Waals surface area contributed by atoms with Gasteiger partial charge in [0.1, 0.15) is 11.6 Å². The maximum absolute atomic E-state index is 15.2. The van der Waals surface area contributed by atoms with Crippen LogP contribution in [-0.2, 0) is 24.8 Å². The highest BCUT2D eigenvalue weighted by Crippen LogP contribution is 2.50. The van der Waals surface area contributed by atoms with Crippen molar-refractivity contribution in [3.63, 3.8) is 0 Å². The minimum absolute atomic E-state index is 0.252. The van der Waals surface area contributed by atoms with E-state index in [1.54, 1.807) is 12.1 Å². The predicted octanol–water partition coefficient (Wildman–Crippen LogP) is 7.75. The van der Waals surface area contributed by atoms with Gasteiger partial charge in [0.25, 0.3) is 0 Å². The molecule has 1 N–H and O–H groups in total.